The van der Waals surface area contributed by atoms with Crippen LogP contribution in [-0.2, 0) is 24.6 Å². The molecule has 0 radical (unpaired) electrons. The Morgan fingerprint density at radius 1 is 0.842 bits per heavy atom. The number of carbonyl (C=O) groups is 3. The number of nitrogens with one attached hydrogen (secondary N) is 1. The number of hydrogen-bond acceptors (Lipinski definition) is 7. The number of nitriles is 1. The third-order valence-electron chi connectivity index (χ3n) is 10.3. The lowest BCUT2D eigenvalue weighted by molar-refractivity contribution is -0.161. The summed E-state index contributed by atoms with van der Waals surface area (Å²) in [5, 5.41) is 19.3. The van der Waals surface area contributed by atoms with Crippen molar-refractivity contribution in [2.75, 3.05) is 25.2 Å². The Morgan fingerprint density at radius 2 is 1.46 bits per heavy atom. The molecule has 11 heteroatoms. The van der Waals surface area contributed by atoms with Gasteiger partial charge in [-0.15, -0.1) is 0 Å². The van der Waals surface area contributed by atoms with E-state index in [1.807, 2.05) is 77.5 Å². The fourth-order valence-corrected chi connectivity index (χ4v) is 7.60. The van der Waals surface area contributed by atoms with Crippen molar-refractivity contribution in [2.45, 2.75) is 39.2 Å². The standard InChI is InChI=1S/C46H42ClN5O5/c1-45(2,3)43(54)56-30-57-44(55)51-25-13-14-33(29-51)42(53)49-41-38-27-32(37-26-31(28-48)21-23-39(37)47)22-24-40(38)52(50-41)46(34-15-7-4-8-16-34,35-17-9-5-10-18-35)36-19-11-6-12-20-36/h4-12,15-24,26-27,33H,13-14,25,29-30H2,1-3H3,(H,49,50,53)/t33-/m1/s1. The molecular formula is C46H42ClN5O5. The first kappa shape index (κ1) is 38.8. The highest BCUT2D eigenvalue weighted by molar-refractivity contribution is 6.33. The van der Waals surface area contributed by atoms with Gasteiger partial charge in [0.2, 0.25) is 12.7 Å². The van der Waals surface area contributed by atoms with Gasteiger partial charge in [-0.25, -0.2) is 9.48 Å². The number of benzene rings is 5. The molecule has 1 aliphatic heterocycles. The van der Waals surface area contributed by atoms with Crippen LogP contribution in [0.5, 0.6) is 0 Å². The van der Waals surface area contributed by atoms with E-state index < -0.39 is 35.7 Å². The Balaban J connectivity index is 1.33. The Morgan fingerprint density at radius 3 is 2.04 bits per heavy atom. The lowest BCUT2D eigenvalue weighted by Crippen LogP contribution is -2.44. The molecule has 0 bridgehead atoms. The van der Waals surface area contributed by atoms with Crippen LogP contribution in [0.3, 0.4) is 0 Å². The van der Waals surface area contributed by atoms with Crippen molar-refractivity contribution in [3.05, 3.63) is 155 Å². The molecule has 0 unspecified atom stereocenters. The fraction of sp³-hybridized carbons (Fsp3) is 0.239. The number of ether oxygens (including phenoxy) is 2. The van der Waals surface area contributed by atoms with Crippen molar-refractivity contribution in [1.29, 1.82) is 5.26 Å². The molecule has 2 heterocycles. The van der Waals surface area contributed by atoms with Gasteiger partial charge < -0.3 is 19.7 Å². The first-order chi connectivity index (χ1) is 27.5. The van der Waals surface area contributed by atoms with Crippen LogP contribution in [0.15, 0.2) is 127 Å². The molecule has 2 amide bonds. The smallest absolute Gasteiger partial charge is 0.412 e. The minimum atomic E-state index is -0.993. The zero-order valence-corrected chi connectivity index (χ0v) is 32.7. The van der Waals surface area contributed by atoms with Gasteiger partial charge in [0.05, 0.1) is 28.5 Å². The molecule has 0 saturated carbocycles. The minimum absolute atomic E-state index is 0.111. The van der Waals surface area contributed by atoms with Crippen LogP contribution in [0.4, 0.5) is 10.6 Å². The average molecular weight is 780 g/mol. The van der Waals surface area contributed by atoms with E-state index in [0.717, 1.165) is 27.8 Å². The van der Waals surface area contributed by atoms with Gasteiger partial charge in [0.15, 0.2) is 5.82 Å². The molecule has 7 rings (SSSR count). The second-order valence-electron chi connectivity index (χ2n) is 15.1. The van der Waals surface area contributed by atoms with Gasteiger partial charge in [0, 0.05) is 29.1 Å². The van der Waals surface area contributed by atoms with Crippen molar-refractivity contribution in [3.63, 3.8) is 0 Å². The predicted molar refractivity (Wildman–Crippen MR) is 219 cm³/mol. The van der Waals surface area contributed by atoms with E-state index in [1.165, 1.54) is 4.90 Å². The second-order valence-corrected chi connectivity index (χ2v) is 15.5. The first-order valence-electron chi connectivity index (χ1n) is 18.8. The van der Waals surface area contributed by atoms with Crippen LogP contribution in [0.25, 0.3) is 22.0 Å². The molecule has 0 spiro atoms. The summed E-state index contributed by atoms with van der Waals surface area (Å²) < 4.78 is 12.4. The molecule has 1 N–H and O–H groups in total. The van der Waals surface area contributed by atoms with Crippen molar-refractivity contribution in [3.8, 4) is 17.2 Å². The molecule has 1 saturated heterocycles. The molecule has 5 aromatic carbocycles. The van der Waals surface area contributed by atoms with Crippen molar-refractivity contribution < 1.29 is 23.9 Å². The third-order valence-corrected chi connectivity index (χ3v) is 10.6. The minimum Gasteiger partial charge on any atom is -0.427 e. The molecule has 57 heavy (non-hydrogen) atoms. The van der Waals surface area contributed by atoms with Gasteiger partial charge in [-0.3, -0.25) is 9.59 Å². The van der Waals surface area contributed by atoms with E-state index >= 15 is 0 Å². The Labute approximate surface area is 336 Å². The van der Waals surface area contributed by atoms with Gasteiger partial charge in [-0.05, 0) is 86.2 Å². The predicted octanol–water partition coefficient (Wildman–Crippen LogP) is 9.40. The van der Waals surface area contributed by atoms with Crippen LogP contribution in [-0.4, -0.2) is 52.5 Å². The lowest BCUT2D eigenvalue weighted by atomic mass is 9.77. The van der Waals surface area contributed by atoms with Crippen LogP contribution < -0.4 is 5.32 Å². The van der Waals surface area contributed by atoms with E-state index in [0.29, 0.717) is 46.7 Å². The summed E-state index contributed by atoms with van der Waals surface area (Å²) in [5.41, 5.74) is 3.72. The maximum Gasteiger partial charge on any atom is 0.412 e. The second kappa shape index (κ2) is 16.3. The maximum atomic E-state index is 14.3. The normalized spacial score (nSPS) is 14.4. The summed E-state index contributed by atoms with van der Waals surface area (Å²) in [6.45, 7) is 5.13. The lowest BCUT2D eigenvalue weighted by Gasteiger charge is -2.37. The van der Waals surface area contributed by atoms with Crippen LogP contribution in [0.1, 0.15) is 55.9 Å². The zero-order valence-electron chi connectivity index (χ0n) is 31.9. The van der Waals surface area contributed by atoms with Gasteiger partial charge in [0.25, 0.3) is 0 Å². The van der Waals surface area contributed by atoms with Crippen molar-refractivity contribution >= 4 is 46.3 Å². The molecule has 288 valence electrons. The van der Waals surface area contributed by atoms with Crippen LogP contribution in [0, 0.1) is 22.7 Å². The fourth-order valence-electron chi connectivity index (χ4n) is 7.37. The number of fused-ring (bicyclic) bond motifs is 1. The third kappa shape index (κ3) is 7.84. The van der Waals surface area contributed by atoms with E-state index in [1.54, 1.807) is 39.0 Å². The molecule has 0 aliphatic carbocycles. The highest BCUT2D eigenvalue weighted by Gasteiger charge is 2.41. The number of anilines is 1. The number of halogens is 1. The molecule has 10 nitrogen and oxygen atoms in total. The maximum absolute atomic E-state index is 14.3. The number of likely N-dealkylation sites (tertiary alicyclic amines) is 1. The zero-order chi connectivity index (χ0) is 40.2. The highest BCUT2D eigenvalue weighted by atomic mass is 35.5. The summed E-state index contributed by atoms with van der Waals surface area (Å²) in [4.78, 5) is 41.0. The Bertz CT molecular complexity index is 2360. The monoisotopic (exact) mass is 779 g/mol. The van der Waals surface area contributed by atoms with E-state index in [-0.39, 0.29) is 12.5 Å². The summed E-state index contributed by atoms with van der Waals surface area (Å²) in [6.07, 6.45) is 0.446. The number of hydrogen-bond donors (Lipinski definition) is 1. The van der Waals surface area contributed by atoms with Crippen LogP contribution >= 0.6 is 11.6 Å². The number of carbonyl (C=O) groups excluding carboxylic acids is 3. The van der Waals surface area contributed by atoms with Gasteiger partial charge in [0.1, 0.15) is 5.54 Å². The number of esters is 1. The van der Waals surface area contributed by atoms with E-state index in [2.05, 4.69) is 47.8 Å². The van der Waals surface area contributed by atoms with Crippen molar-refractivity contribution in [1.82, 2.24) is 14.7 Å². The molecule has 1 fully saturated rings. The average Bonchev–Trinajstić information content (AvgIpc) is 3.59. The number of amides is 2. The molecule has 1 atom stereocenters. The summed E-state index contributed by atoms with van der Waals surface area (Å²) >= 11 is 6.72. The summed E-state index contributed by atoms with van der Waals surface area (Å²) in [5.74, 6) is -1.05. The molecule has 6 aromatic rings. The van der Waals surface area contributed by atoms with E-state index in [9.17, 15) is 19.6 Å². The molecule has 1 aromatic heterocycles. The van der Waals surface area contributed by atoms with Gasteiger partial charge >= 0.3 is 12.1 Å². The topological polar surface area (TPSA) is 127 Å². The Kier molecular flexibility index (Phi) is 11.1. The number of nitrogens with zero attached hydrogens (tertiary/aromatic N) is 4. The summed E-state index contributed by atoms with van der Waals surface area (Å²) in [7, 11) is 0. The van der Waals surface area contributed by atoms with Gasteiger partial charge in [-0.1, -0.05) is 109 Å². The Hall–Kier alpha value is -6.44. The molecular weight excluding hydrogens is 738 g/mol. The highest BCUT2D eigenvalue weighted by Crippen LogP contribution is 2.44. The van der Waals surface area contributed by atoms with E-state index in [4.69, 9.17) is 26.2 Å². The number of aromatic nitrogens is 2. The van der Waals surface area contributed by atoms with Gasteiger partial charge in [-0.2, -0.15) is 10.4 Å². The number of rotatable bonds is 9. The SMILES string of the molecule is CC(C)(C)C(=O)OCOC(=O)N1CCC[C@@H](C(=O)Nc2nn(C(c3ccccc3)(c3ccccc3)c3ccccc3)c3ccc(-c4cc(C#N)ccc4Cl)cc23)C1. The number of piperidine rings is 1. The largest absolute Gasteiger partial charge is 0.427 e. The summed E-state index contributed by atoms with van der Waals surface area (Å²) in [6, 6.07) is 43.6. The first-order valence-corrected chi connectivity index (χ1v) is 19.2. The van der Waals surface area contributed by atoms with Crippen molar-refractivity contribution in [2.24, 2.45) is 11.3 Å². The molecule has 1 aliphatic rings. The van der Waals surface area contributed by atoms with Crippen LogP contribution in [0.2, 0.25) is 5.02 Å². The quantitative estimate of drug-likeness (QED) is 0.0880.